The SMILES string of the molecule is CC(C)c1nnc2sc(Cn3cc(CN)nn3)nn12. The van der Waals surface area contributed by atoms with E-state index in [9.17, 15) is 0 Å². The average molecular weight is 278 g/mol. The Hall–Kier alpha value is -1.87. The van der Waals surface area contributed by atoms with Gasteiger partial charge in [0.05, 0.1) is 18.4 Å². The summed E-state index contributed by atoms with van der Waals surface area (Å²) in [6, 6.07) is 0. The fourth-order valence-corrected chi connectivity index (χ4v) is 2.58. The van der Waals surface area contributed by atoms with Crippen molar-refractivity contribution >= 4 is 16.3 Å². The number of aromatic nitrogens is 7. The van der Waals surface area contributed by atoms with Gasteiger partial charge in [-0.25, -0.2) is 4.68 Å². The fraction of sp³-hybridized carbons (Fsp3) is 0.500. The van der Waals surface area contributed by atoms with Gasteiger partial charge in [-0.1, -0.05) is 30.4 Å². The van der Waals surface area contributed by atoms with Crippen molar-refractivity contribution in [1.29, 1.82) is 0 Å². The maximum absolute atomic E-state index is 5.50. The molecule has 0 bridgehead atoms. The van der Waals surface area contributed by atoms with Gasteiger partial charge in [-0.15, -0.1) is 15.3 Å². The van der Waals surface area contributed by atoms with Crippen molar-refractivity contribution in [3.63, 3.8) is 0 Å². The van der Waals surface area contributed by atoms with Crippen LogP contribution in [0.15, 0.2) is 6.20 Å². The first-order valence-corrected chi connectivity index (χ1v) is 6.79. The molecule has 0 aliphatic carbocycles. The molecule has 0 aliphatic rings. The molecule has 3 aromatic rings. The Morgan fingerprint density at radius 1 is 1.32 bits per heavy atom. The largest absolute Gasteiger partial charge is 0.325 e. The molecule has 0 unspecified atom stereocenters. The summed E-state index contributed by atoms with van der Waals surface area (Å²) in [7, 11) is 0. The van der Waals surface area contributed by atoms with Crippen molar-refractivity contribution < 1.29 is 0 Å². The Morgan fingerprint density at radius 2 is 2.16 bits per heavy atom. The highest BCUT2D eigenvalue weighted by Crippen LogP contribution is 2.18. The lowest BCUT2D eigenvalue weighted by molar-refractivity contribution is 0.633. The Labute approximate surface area is 113 Å². The molecule has 0 radical (unpaired) electrons. The Balaban J connectivity index is 1.89. The van der Waals surface area contributed by atoms with Crippen LogP contribution in [-0.2, 0) is 13.1 Å². The maximum Gasteiger partial charge on any atom is 0.234 e. The zero-order chi connectivity index (χ0) is 13.4. The minimum atomic E-state index is 0.292. The van der Waals surface area contributed by atoms with Gasteiger partial charge in [0.1, 0.15) is 5.01 Å². The molecule has 0 saturated heterocycles. The minimum absolute atomic E-state index is 0.292. The molecule has 0 fully saturated rings. The van der Waals surface area contributed by atoms with Crippen molar-refractivity contribution in [3.05, 3.63) is 22.7 Å². The zero-order valence-electron chi connectivity index (χ0n) is 10.7. The lowest BCUT2D eigenvalue weighted by Crippen LogP contribution is -2.03. The standard InChI is InChI=1S/C10H14N8S/c1-6(2)9-13-14-10-18(9)15-8(19-10)5-17-4-7(3-11)12-16-17/h4,6H,3,5,11H2,1-2H3. The summed E-state index contributed by atoms with van der Waals surface area (Å²) < 4.78 is 3.52. The van der Waals surface area contributed by atoms with Gasteiger partial charge in [-0.2, -0.15) is 9.61 Å². The highest BCUT2D eigenvalue weighted by molar-refractivity contribution is 7.16. The molecular formula is C10H14N8S. The Morgan fingerprint density at radius 3 is 2.84 bits per heavy atom. The summed E-state index contributed by atoms with van der Waals surface area (Å²) in [6.45, 7) is 5.10. The first-order valence-electron chi connectivity index (χ1n) is 5.97. The maximum atomic E-state index is 5.50. The van der Waals surface area contributed by atoms with E-state index in [1.807, 2.05) is 6.20 Å². The van der Waals surface area contributed by atoms with Crippen molar-refractivity contribution in [3.8, 4) is 0 Å². The van der Waals surface area contributed by atoms with E-state index in [0.29, 0.717) is 19.0 Å². The van der Waals surface area contributed by atoms with Crippen molar-refractivity contribution in [2.45, 2.75) is 32.9 Å². The number of rotatable bonds is 4. The Kier molecular flexibility index (Phi) is 2.99. The van der Waals surface area contributed by atoms with Crippen LogP contribution in [0.25, 0.3) is 4.96 Å². The second kappa shape index (κ2) is 4.67. The number of nitrogens with two attached hydrogens (primary N) is 1. The van der Waals surface area contributed by atoms with Crippen LogP contribution >= 0.6 is 11.3 Å². The predicted octanol–water partition coefficient (Wildman–Crippen LogP) is 0.408. The van der Waals surface area contributed by atoms with Crippen molar-refractivity contribution in [2.75, 3.05) is 0 Å². The molecule has 100 valence electrons. The third kappa shape index (κ3) is 2.22. The molecule has 3 heterocycles. The lowest BCUT2D eigenvalue weighted by atomic mass is 10.2. The summed E-state index contributed by atoms with van der Waals surface area (Å²) in [6.07, 6.45) is 1.83. The first kappa shape index (κ1) is 12.2. The quantitative estimate of drug-likeness (QED) is 0.742. The van der Waals surface area contributed by atoms with E-state index in [1.54, 1.807) is 9.20 Å². The molecule has 3 aromatic heterocycles. The van der Waals surface area contributed by atoms with Crippen LogP contribution in [0.3, 0.4) is 0 Å². The van der Waals surface area contributed by atoms with Crippen LogP contribution in [0.5, 0.6) is 0 Å². The van der Waals surface area contributed by atoms with Crippen LogP contribution in [0, 0.1) is 0 Å². The van der Waals surface area contributed by atoms with E-state index in [2.05, 4.69) is 39.5 Å². The van der Waals surface area contributed by atoms with E-state index < -0.39 is 0 Å². The van der Waals surface area contributed by atoms with Gasteiger partial charge in [0, 0.05) is 12.5 Å². The molecule has 0 aliphatic heterocycles. The molecule has 0 spiro atoms. The average Bonchev–Trinajstić information content (AvgIpc) is 3.03. The molecule has 9 heteroatoms. The minimum Gasteiger partial charge on any atom is -0.325 e. The lowest BCUT2D eigenvalue weighted by Gasteiger charge is -1.98. The number of hydrogen-bond donors (Lipinski definition) is 1. The third-order valence-electron chi connectivity index (χ3n) is 2.67. The first-order chi connectivity index (χ1) is 9.17. The molecular weight excluding hydrogens is 264 g/mol. The van der Waals surface area contributed by atoms with Gasteiger partial charge in [-0.05, 0) is 0 Å². The summed E-state index contributed by atoms with van der Waals surface area (Å²) in [5.74, 6) is 1.17. The highest BCUT2D eigenvalue weighted by atomic mass is 32.1. The van der Waals surface area contributed by atoms with Crippen LogP contribution in [0.4, 0.5) is 0 Å². The summed E-state index contributed by atoms with van der Waals surface area (Å²) in [5, 5.41) is 21.6. The molecule has 2 N–H and O–H groups in total. The van der Waals surface area contributed by atoms with E-state index >= 15 is 0 Å². The van der Waals surface area contributed by atoms with Crippen molar-refractivity contribution in [1.82, 2.24) is 34.8 Å². The predicted molar refractivity (Wildman–Crippen MR) is 69.8 cm³/mol. The molecule has 3 rings (SSSR count). The van der Waals surface area contributed by atoms with E-state index in [1.165, 1.54) is 11.3 Å². The smallest absolute Gasteiger partial charge is 0.234 e. The van der Waals surface area contributed by atoms with Crippen LogP contribution < -0.4 is 5.73 Å². The van der Waals surface area contributed by atoms with E-state index in [0.717, 1.165) is 21.5 Å². The van der Waals surface area contributed by atoms with Crippen LogP contribution in [-0.4, -0.2) is 34.8 Å². The monoisotopic (exact) mass is 278 g/mol. The van der Waals surface area contributed by atoms with E-state index in [-0.39, 0.29) is 0 Å². The molecule has 0 atom stereocenters. The summed E-state index contributed by atoms with van der Waals surface area (Å²) >= 11 is 1.51. The molecule has 19 heavy (non-hydrogen) atoms. The Bertz CT molecular complexity index is 693. The summed E-state index contributed by atoms with van der Waals surface area (Å²) in [4.78, 5) is 0.804. The van der Waals surface area contributed by atoms with Crippen LogP contribution in [0.1, 0.15) is 36.3 Å². The van der Waals surface area contributed by atoms with Gasteiger partial charge in [0.2, 0.25) is 4.96 Å². The fourth-order valence-electron chi connectivity index (χ4n) is 1.74. The van der Waals surface area contributed by atoms with Crippen LogP contribution in [0.2, 0.25) is 0 Å². The van der Waals surface area contributed by atoms with Gasteiger partial charge < -0.3 is 5.73 Å². The topological polar surface area (TPSA) is 99.8 Å². The highest BCUT2D eigenvalue weighted by Gasteiger charge is 2.14. The van der Waals surface area contributed by atoms with Gasteiger partial charge in [0.15, 0.2) is 5.82 Å². The van der Waals surface area contributed by atoms with Gasteiger partial charge in [-0.3, -0.25) is 0 Å². The number of fused-ring (bicyclic) bond motifs is 1. The van der Waals surface area contributed by atoms with Crippen molar-refractivity contribution in [2.24, 2.45) is 5.73 Å². The van der Waals surface area contributed by atoms with Gasteiger partial charge >= 0.3 is 0 Å². The van der Waals surface area contributed by atoms with Gasteiger partial charge in [0.25, 0.3) is 0 Å². The molecule has 0 saturated carbocycles. The number of hydrogen-bond acceptors (Lipinski definition) is 7. The second-order valence-corrected chi connectivity index (χ2v) is 5.56. The molecule has 8 nitrogen and oxygen atoms in total. The second-order valence-electron chi connectivity index (χ2n) is 4.51. The van der Waals surface area contributed by atoms with E-state index in [4.69, 9.17) is 5.73 Å². The normalized spacial score (nSPS) is 11.8. The third-order valence-corrected chi connectivity index (χ3v) is 3.55. The molecule has 0 aromatic carbocycles. The zero-order valence-corrected chi connectivity index (χ0v) is 11.5. The summed E-state index contributed by atoms with van der Waals surface area (Å²) in [5.41, 5.74) is 6.27. The number of nitrogens with zero attached hydrogens (tertiary/aromatic N) is 7. The molecule has 0 amide bonds.